The van der Waals surface area contributed by atoms with Gasteiger partial charge in [0.05, 0.1) is 12.7 Å². The third-order valence-corrected chi connectivity index (χ3v) is 5.29. The van der Waals surface area contributed by atoms with E-state index in [1.54, 1.807) is 27.7 Å². The average Bonchev–Trinajstić information content (AvgIpc) is 3.13. The zero-order chi connectivity index (χ0) is 20.8. The molecular formula is C23H35NO4. The van der Waals surface area contributed by atoms with E-state index in [2.05, 4.69) is 36.5 Å². The van der Waals surface area contributed by atoms with Crippen molar-refractivity contribution in [2.75, 3.05) is 6.61 Å². The summed E-state index contributed by atoms with van der Waals surface area (Å²) in [5, 5.41) is 2.65. The summed E-state index contributed by atoms with van der Waals surface area (Å²) in [6, 6.07) is 10.4. The van der Waals surface area contributed by atoms with Crippen molar-refractivity contribution in [3.8, 4) is 0 Å². The number of hydrogen-bond acceptors (Lipinski definition) is 4. The third kappa shape index (κ3) is 6.62. The van der Waals surface area contributed by atoms with E-state index in [4.69, 9.17) is 9.47 Å². The number of aldehydes is 1. The second-order valence-electron chi connectivity index (χ2n) is 9.16. The first-order valence-corrected chi connectivity index (χ1v) is 10.3. The fourth-order valence-corrected chi connectivity index (χ4v) is 3.96. The molecule has 1 saturated carbocycles. The van der Waals surface area contributed by atoms with Crippen molar-refractivity contribution in [2.24, 2.45) is 5.92 Å². The van der Waals surface area contributed by atoms with Gasteiger partial charge in [-0.15, -0.1) is 0 Å². The predicted octanol–water partition coefficient (Wildman–Crippen LogP) is 4.85. The van der Waals surface area contributed by atoms with Gasteiger partial charge in [-0.25, -0.2) is 4.79 Å². The molecule has 5 nitrogen and oxygen atoms in total. The van der Waals surface area contributed by atoms with Crippen LogP contribution < -0.4 is 5.32 Å². The van der Waals surface area contributed by atoms with E-state index in [1.807, 2.05) is 6.07 Å². The Bertz CT molecular complexity index is 634. The number of carbonyl (C=O) groups is 2. The summed E-state index contributed by atoms with van der Waals surface area (Å²) < 4.78 is 11.4. The summed E-state index contributed by atoms with van der Waals surface area (Å²) in [6.45, 7) is 9.19. The minimum atomic E-state index is -1.13. The highest BCUT2D eigenvalue weighted by Gasteiger charge is 2.34. The molecule has 1 aliphatic carbocycles. The zero-order valence-corrected chi connectivity index (χ0v) is 17.9. The van der Waals surface area contributed by atoms with E-state index in [1.165, 1.54) is 31.2 Å². The van der Waals surface area contributed by atoms with Crippen LogP contribution in [0.4, 0.5) is 4.79 Å². The van der Waals surface area contributed by atoms with Gasteiger partial charge < -0.3 is 19.6 Å². The molecule has 1 aliphatic rings. The Morgan fingerprint density at radius 2 is 1.79 bits per heavy atom. The van der Waals surface area contributed by atoms with Gasteiger partial charge in [-0.2, -0.15) is 0 Å². The molecule has 156 valence electrons. The van der Waals surface area contributed by atoms with Crippen molar-refractivity contribution in [1.29, 1.82) is 0 Å². The minimum Gasteiger partial charge on any atom is -0.444 e. The largest absolute Gasteiger partial charge is 0.444 e. The smallest absolute Gasteiger partial charge is 0.408 e. The van der Waals surface area contributed by atoms with E-state index in [0.29, 0.717) is 5.92 Å². The Hall–Kier alpha value is -1.88. The van der Waals surface area contributed by atoms with E-state index in [9.17, 15) is 9.59 Å². The summed E-state index contributed by atoms with van der Waals surface area (Å²) >= 11 is 0. The molecule has 0 aliphatic heterocycles. The van der Waals surface area contributed by atoms with Crippen LogP contribution in [0.25, 0.3) is 0 Å². The van der Waals surface area contributed by atoms with E-state index < -0.39 is 17.2 Å². The molecule has 0 aromatic heterocycles. The Labute approximate surface area is 169 Å². The molecule has 0 heterocycles. The lowest BCUT2D eigenvalue weighted by Crippen LogP contribution is -2.53. The number of alkyl carbamates (subject to hydrolysis) is 1. The number of ether oxygens (including phenoxy) is 2. The quantitative estimate of drug-likeness (QED) is 0.646. The highest BCUT2D eigenvalue weighted by Crippen LogP contribution is 2.40. The van der Waals surface area contributed by atoms with Gasteiger partial charge in [0.2, 0.25) is 0 Å². The number of amides is 1. The first-order chi connectivity index (χ1) is 13.1. The van der Waals surface area contributed by atoms with Crippen LogP contribution in [0.5, 0.6) is 0 Å². The normalized spacial score (nSPS) is 19.5. The lowest BCUT2D eigenvalue weighted by atomic mass is 9.81. The molecule has 2 rings (SSSR count). The number of nitrogens with one attached hydrogen (secondary N) is 1. The Morgan fingerprint density at radius 1 is 1.18 bits per heavy atom. The van der Waals surface area contributed by atoms with Gasteiger partial charge in [-0.1, -0.05) is 43.2 Å². The van der Waals surface area contributed by atoms with Gasteiger partial charge in [0.25, 0.3) is 0 Å². The molecular weight excluding hydrogens is 354 g/mol. The molecule has 28 heavy (non-hydrogen) atoms. The summed E-state index contributed by atoms with van der Waals surface area (Å²) in [6.07, 6.45) is 4.96. The maximum atomic E-state index is 12.1. The Balaban J connectivity index is 2.04. The number of carbonyl (C=O) groups excluding carboxylic acids is 2. The average molecular weight is 390 g/mol. The standard InChI is InChI=1S/C23H35NO4/c1-17(20(19-13-9-10-14-19)18-11-7-6-8-12-18)27-16-23(5,15-25)24-21(26)28-22(2,3)4/h6-8,11-12,15,17,19-20H,9-10,13-14,16H2,1-5H3,(H,24,26)/t17?,20-,23-/m1/s1. The fourth-order valence-electron chi connectivity index (χ4n) is 3.96. The topological polar surface area (TPSA) is 64.6 Å². The van der Waals surface area contributed by atoms with Crippen molar-refractivity contribution >= 4 is 12.4 Å². The number of benzene rings is 1. The van der Waals surface area contributed by atoms with Crippen LogP contribution in [0.15, 0.2) is 30.3 Å². The molecule has 1 fully saturated rings. The summed E-state index contributed by atoms with van der Waals surface area (Å²) in [5.74, 6) is 0.861. The summed E-state index contributed by atoms with van der Waals surface area (Å²) in [4.78, 5) is 23.8. The van der Waals surface area contributed by atoms with Gasteiger partial charge in [-0.05, 0) is 58.9 Å². The molecule has 1 amide bonds. The van der Waals surface area contributed by atoms with Crippen LogP contribution in [0.1, 0.15) is 71.8 Å². The molecule has 1 aromatic rings. The highest BCUT2D eigenvalue weighted by molar-refractivity contribution is 5.76. The predicted molar refractivity (Wildman–Crippen MR) is 110 cm³/mol. The lowest BCUT2D eigenvalue weighted by Gasteiger charge is -2.33. The van der Waals surface area contributed by atoms with E-state index in [0.717, 1.165) is 6.29 Å². The molecule has 3 atom stereocenters. The van der Waals surface area contributed by atoms with Crippen LogP contribution in [0.3, 0.4) is 0 Å². The first-order valence-electron chi connectivity index (χ1n) is 10.3. The van der Waals surface area contributed by atoms with E-state index in [-0.39, 0.29) is 18.6 Å². The van der Waals surface area contributed by atoms with Gasteiger partial charge in [0, 0.05) is 5.92 Å². The van der Waals surface area contributed by atoms with Gasteiger partial charge in [0.1, 0.15) is 17.4 Å². The second-order valence-corrected chi connectivity index (χ2v) is 9.16. The molecule has 0 saturated heterocycles. The molecule has 0 radical (unpaired) electrons. The highest BCUT2D eigenvalue weighted by atomic mass is 16.6. The molecule has 5 heteroatoms. The second kappa shape index (κ2) is 9.55. The van der Waals surface area contributed by atoms with Crippen molar-refractivity contribution in [2.45, 2.75) is 83.5 Å². The lowest BCUT2D eigenvalue weighted by molar-refractivity contribution is -0.116. The SMILES string of the molecule is CC(OC[C@@](C)(C=O)NC(=O)OC(C)(C)C)[C@H](c1ccccc1)C1CCCC1. The van der Waals surface area contributed by atoms with Crippen molar-refractivity contribution in [1.82, 2.24) is 5.32 Å². The van der Waals surface area contributed by atoms with Crippen molar-refractivity contribution in [3.05, 3.63) is 35.9 Å². The maximum Gasteiger partial charge on any atom is 0.408 e. The van der Waals surface area contributed by atoms with Gasteiger partial charge in [0.15, 0.2) is 0 Å². The molecule has 0 bridgehead atoms. The molecule has 0 spiro atoms. The van der Waals surface area contributed by atoms with Gasteiger partial charge >= 0.3 is 6.09 Å². The van der Waals surface area contributed by atoms with Crippen LogP contribution in [0, 0.1) is 5.92 Å². The fraction of sp³-hybridized carbons (Fsp3) is 0.652. The first kappa shape index (κ1) is 22.4. The van der Waals surface area contributed by atoms with Gasteiger partial charge in [-0.3, -0.25) is 0 Å². The zero-order valence-electron chi connectivity index (χ0n) is 17.9. The van der Waals surface area contributed by atoms with Crippen LogP contribution in [-0.4, -0.2) is 36.2 Å². The number of rotatable bonds is 8. The molecule has 1 aromatic carbocycles. The summed E-state index contributed by atoms with van der Waals surface area (Å²) in [7, 11) is 0. The Kier molecular flexibility index (Phi) is 7.64. The monoisotopic (exact) mass is 389 g/mol. The molecule has 1 N–H and O–H groups in total. The summed E-state index contributed by atoms with van der Waals surface area (Å²) in [5.41, 5.74) is -0.481. The van der Waals surface area contributed by atoms with E-state index >= 15 is 0 Å². The Morgan fingerprint density at radius 3 is 2.32 bits per heavy atom. The third-order valence-electron chi connectivity index (χ3n) is 5.29. The van der Waals surface area contributed by atoms with Crippen LogP contribution >= 0.6 is 0 Å². The minimum absolute atomic E-state index is 0.0646. The van der Waals surface area contributed by atoms with Crippen molar-refractivity contribution < 1.29 is 19.1 Å². The van der Waals surface area contributed by atoms with Crippen molar-refractivity contribution in [3.63, 3.8) is 0 Å². The molecule has 1 unspecified atom stereocenters. The van der Waals surface area contributed by atoms with Crippen LogP contribution in [0.2, 0.25) is 0 Å². The van der Waals surface area contributed by atoms with Crippen LogP contribution in [-0.2, 0) is 14.3 Å². The number of hydrogen-bond donors (Lipinski definition) is 1. The maximum absolute atomic E-state index is 12.1.